The van der Waals surface area contributed by atoms with E-state index in [2.05, 4.69) is 10.4 Å². The molecule has 5 aromatic rings. The van der Waals surface area contributed by atoms with Gasteiger partial charge in [-0.2, -0.15) is 5.10 Å². The van der Waals surface area contributed by atoms with Gasteiger partial charge in [0.1, 0.15) is 11.6 Å². The molecular formula is C26H24N4O2. The molecule has 0 fully saturated rings. The van der Waals surface area contributed by atoms with Crippen molar-refractivity contribution in [3.05, 3.63) is 94.8 Å². The number of aromatic nitrogens is 3. The highest BCUT2D eigenvalue weighted by atomic mass is 16.2. The highest BCUT2D eigenvalue weighted by Crippen LogP contribution is 2.26. The van der Waals surface area contributed by atoms with Gasteiger partial charge in [0.05, 0.1) is 16.6 Å². The van der Waals surface area contributed by atoms with Crippen LogP contribution in [0.25, 0.3) is 27.5 Å². The standard InChI is InChI=1S/C26H24N4O2/c1-26(2,3)27-24(31)22(17-11-5-4-6-12-17)29-20-15-9-10-16-21(20)30-23(25(29)32)18-13-7-8-14-19(18)28-30/h4-16,22H,1-3H3,(H,27,31). The molecule has 2 aromatic heterocycles. The Labute approximate surface area is 185 Å². The summed E-state index contributed by atoms with van der Waals surface area (Å²) < 4.78 is 3.30. The van der Waals surface area contributed by atoms with Gasteiger partial charge in [0.2, 0.25) is 5.91 Å². The third kappa shape index (κ3) is 3.24. The quantitative estimate of drug-likeness (QED) is 0.469. The second-order valence-electron chi connectivity index (χ2n) is 8.99. The summed E-state index contributed by atoms with van der Waals surface area (Å²) in [5, 5.41) is 8.51. The summed E-state index contributed by atoms with van der Waals surface area (Å²) in [7, 11) is 0. The molecule has 3 aromatic carbocycles. The van der Waals surface area contributed by atoms with Crippen molar-refractivity contribution in [2.24, 2.45) is 0 Å². The van der Waals surface area contributed by atoms with E-state index in [0.29, 0.717) is 11.0 Å². The van der Waals surface area contributed by atoms with E-state index in [1.54, 1.807) is 9.08 Å². The Kier molecular flexibility index (Phi) is 4.59. The number of benzene rings is 3. The van der Waals surface area contributed by atoms with Gasteiger partial charge in [-0.3, -0.25) is 14.2 Å². The molecule has 6 heteroatoms. The molecule has 0 aliphatic heterocycles. The average molecular weight is 425 g/mol. The fraction of sp³-hybridized carbons (Fsp3) is 0.192. The minimum Gasteiger partial charge on any atom is -0.349 e. The Morgan fingerprint density at radius 3 is 2.22 bits per heavy atom. The van der Waals surface area contributed by atoms with Crippen LogP contribution in [0.5, 0.6) is 0 Å². The lowest BCUT2D eigenvalue weighted by atomic mass is 10.0. The molecule has 2 heterocycles. The second kappa shape index (κ2) is 7.34. The van der Waals surface area contributed by atoms with Crippen LogP contribution >= 0.6 is 0 Å². The minimum atomic E-state index is -0.827. The third-order valence-corrected chi connectivity index (χ3v) is 5.49. The molecule has 1 N–H and O–H groups in total. The van der Waals surface area contributed by atoms with Crippen molar-refractivity contribution < 1.29 is 4.79 Å². The number of nitrogens with one attached hydrogen (secondary N) is 1. The van der Waals surface area contributed by atoms with Crippen LogP contribution in [0.2, 0.25) is 0 Å². The van der Waals surface area contributed by atoms with Gasteiger partial charge in [-0.25, -0.2) is 4.52 Å². The van der Waals surface area contributed by atoms with Gasteiger partial charge < -0.3 is 5.32 Å². The van der Waals surface area contributed by atoms with Gasteiger partial charge >= 0.3 is 0 Å². The minimum absolute atomic E-state index is 0.232. The fourth-order valence-electron chi connectivity index (χ4n) is 4.23. The smallest absolute Gasteiger partial charge is 0.278 e. The molecule has 0 bridgehead atoms. The summed E-state index contributed by atoms with van der Waals surface area (Å²) in [6, 6.07) is 23.8. The van der Waals surface area contributed by atoms with Crippen LogP contribution in [0, 0.1) is 0 Å². The lowest BCUT2D eigenvalue weighted by Gasteiger charge is -2.27. The first-order valence-corrected chi connectivity index (χ1v) is 10.6. The molecule has 0 radical (unpaired) electrons. The van der Waals surface area contributed by atoms with Crippen LogP contribution in [-0.2, 0) is 4.79 Å². The second-order valence-corrected chi connectivity index (χ2v) is 8.99. The molecule has 1 unspecified atom stereocenters. The molecule has 1 amide bonds. The topological polar surface area (TPSA) is 68.4 Å². The lowest BCUT2D eigenvalue weighted by molar-refractivity contribution is -0.124. The third-order valence-electron chi connectivity index (χ3n) is 5.49. The first kappa shape index (κ1) is 20.0. The number of carbonyl (C=O) groups excluding carboxylic acids is 1. The maximum absolute atomic E-state index is 14.0. The van der Waals surface area contributed by atoms with E-state index >= 15 is 0 Å². The van der Waals surface area contributed by atoms with Crippen LogP contribution in [0.1, 0.15) is 32.4 Å². The molecule has 0 aliphatic rings. The molecule has 0 saturated heterocycles. The highest BCUT2D eigenvalue weighted by Gasteiger charge is 2.29. The average Bonchev–Trinajstić information content (AvgIpc) is 3.16. The molecule has 32 heavy (non-hydrogen) atoms. The van der Waals surface area contributed by atoms with Crippen LogP contribution in [0.3, 0.4) is 0 Å². The van der Waals surface area contributed by atoms with Crippen molar-refractivity contribution in [2.75, 3.05) is 0 Å². The summed E-state index contributed by atoms with van der Waals surface area (Å²) in [6.45, 7) is 5.80. The molecule has 0 aliphatic carbocycles. The Bertz CT molecular complexity index is 1520. The molecule has 1 atom stereocenters. The lowest BCUT2D eigenvalue weighted by Crippen LogP contribution is -2.46. The van der Waals surface area contributed by atoms with E-state index in [9.17, 15) is 9.59 Å². The van der Waals surface area contributed by atoms with Gasteiger partial charge in [-0.1, -0.05) is 60.7 Å². The van der Waals surface area contributed by atoms with E-state index in [-0.39, 0.29) is 11.5 Å². The van der Waals surface area contributed by atoms with E-state index < -0.39 is 11.6 Å². The number of para-hydroxylation sites is 2. The van der Waals surface area contributed by atoms with Gasteiger partial charge in [0.25, 0.3) is 5.56 Å². The van der Waals surface area contributed by atoms with Crippen LogP contribution in [0.4, 0.5) is 0 Å². The molecule has 0 saturated carbocycles. The summed E-state index contributed by atoms with van der Waals surface area (Å²) in [5.41, 5.74) is 2.66. The number of fused-ring (bicyclic) bond motifs is 5. The Morgan fingerprint density at radius 2 is 1.50 bits per heavy atom. The summed E-state index contributed by atoms with van der Waals surface area (Å²) in [4.78, 5) is 27.6. The first-order valence-electron chi connectivity index (χ1n) is 10.6. The van der Waals surface area contributed by atoms with Gasteiger partial charge in [0, 0.05) is 10.9 Å². The van der Waals surface area contributed by atoms with Crippen molar-refractivity contribution in [1.82, 2.24) is 19.5 Å². The Morgan fingerprint density at radius 1 is 0.875 bits per heavy atom. The largest absolute Gasteiger partial charge is 0.349 e. The van der Waals surface area contributed by atoms with Gasteiger partial charge in [-0.15, -0.1) is 0 Å². The summed E-state index contributed by atoms with van der Waals surface area (Å²) >= 11 is 0. The molecule has 160 valence electrons. The number of carbonyl (C=O) groups is 1. The van der Waals surface area contributed by atoms with Crippen molar-refractivity contribution in [1.29, 1.82) is 0 Å². The van der Waals surface area contributed by atoms with Crippen LogP contribution in [-0.4, -0.2) is 25.6 Å². The van der Waals surface area contributed by atoms with Crippen LogP contribution in [0.15, 0.2) is 83.7 Å². The Hall–Kier alpha value is -3.93. The fourth-order valence-corrected chi connectivity index (χ4v) is 4.23. The number of amides is 1. The molecule has 0 spiro atoms. The van der Waals surface area contributed by atoms with E-state index in [1.165, 1.54) is 0 Å². The van der Waals surface area contributed by atoms with Gasteiger partial charge in [-0.05, 0) is 44.5 Å². The summed E-state index contributed by atoms with van der Waals surface area (Å²) in [5.74, 6) is -0.232. The zero-order valence-corrected chi connectivity index (χ0v) is 18.2. The van der Waals surface area contributed by atoms with Crippen LogP contribution < -0.4 is 10.9 Å². The van der Waals surface area contributed by atoms with Crippen molar-refractivity contribution in [3.63, 3.8) is 0 Å². The zero-order valence-electron chi connectivity index (χ0n) is 18.2. The molecular weight excluding hydrogens is 400 g/mol. The van der Waals surface area contributed by atoms with E-state index in [1.807, 2.05) is 99.6 Å². The maximum atomic E-state index is 14.0. The van der Waals surface area contributed by atoms with Crippen molar-refractivity contribution >= 4 is 33.4 Å². The summed E-state index contributed by atoms with van der Waals surface area (Å²) in [6.07, 6.45) is 0. The SMILES string of the molecule is CC(C)(C)NC(=O)C(c1ccccc1)n1c(=O)c2c3ccccc3nn2c2ccccc21. The van der Waals surface area contributed by atoms with Gasteiger partial charge in [0.15, 0.2) is 0 Å². The number of hydrogen-bond acceptors (Lipinski definition) is 3. The number of rotatable bonds is 3. The molecule has 6 nitrogen and oxygen atoms in total. The van der Waals surface area contributed by atoms with E-state index in [0.717, 1.165) is 22.0 Å². The highest BCUT2D eigenvalue weighted by molar-refractivity contribution is 5.97. The monoisotopic (exact) mass is 424 g/mol. The van der Waals surface area contributed by atoms with Crippen molar-refractivity contribution in [2.45, 2.75) is 32.4 Å². The molecule has 5 rings (SSSR count). The number of nitrogens with zero attached hydrogens (tertiary/aromatic N) is 3. The van der Waals surface area contributed by atoms with Crippen molar-refractivity contribution in [3.8, 4) is 0 Å². The predicted molar refractivity (Wildman–Crippen MR) is 127 cm³/mol. The van der Waals surface area contributed by atoms with E-state index in [4.69, 9.17) is 0 Å². The zero-order chi connectivity index (χ0) is 22.5. The normalized spacial score (nSPS) is 13.0. The maximum Gasteiger partial charge on any atom is 0.278 e. The first-order chi connectivity index (χ1) is 15.3. The predicted octanol–water partition coefficient (Wildman–Crippen LogP) is 4.31. The Balaban J connectivity index is 1.91. The number of hydrogen-bond donors (Lipinski definition) is 1.